The Labute approximate surface area is 853 Å². The maximum atomic E-state index is 13.5. The number of nitrogens with one attached hydrogen (secondary N) is 4. The molecule has 0 fully saturated rings. The zero-order chi connectivity index (χ0) is 112. The van der Waals surface area contributed by atoms with Crippen molar-refractivity contribution in [2.45, 2.75) is 221 Å². The van der Waals surface area contributed by atoms with Crippen LogP contribution in [-0.2, 0) is 123 Å². The number of hydrogen-bond donors (Lipinski definition) is 11. The Morgan fingerprint density at radius 1 is 0.302 bits per heavy atom. The number of aromatic hydroxyl groups is 6. The van der Waals surface area contributed by atoms with E-state index in [-0.39, 0.29) is 98.9 Å². The van der Waals surface area contributed by atoms with E-state index in [0.717, 1.165) is 66.2 Å². The van der Waals surface area contributed by atoms with Gasteiger partial charge in [0.05, 0.1) is 98.2 Å². The monoisotopic (exact) mass is 2080 g/mol. The second-order valence-corrected chi connectivity index (χ2v) is 38.0. The number of aliphatic carboxylic acids is 1. The largest absolute Gasteiger partial charge is 0.508 e. The first-order valence-electron chi connectivity index (χ1n) is 45.9. The number of nitrogens with zero attached hydrogens (tertiary/aromatic N) is 6. The lowest BCUT2D eigenvalue weighted by Crippen LogP contribution is -2.45. The molecule has 0 saturated carbocycles. The van der Waals surface area contributed by atoms with Gasteiger partial charge in [-0.2, -0.15) is 0 Å². The van der Waals surface area contributed by atoms with Gasteiger partial charge < -0.3 is 90.2 Å². The Balaban J connectivity index is 0.000000350. The number of carbonyl (C=O) groups is 12. The number of aryl methyl sites for hydroxylation is 1. The van der Waals surface area contributed by atoms with E-state index in [1.165, 1.54) is 62.8 Å². The maximum Gasteiger partial charge on any atom is 0.408 e. The number of phenols is 6. The summed E-state index contributed by atoms with van der Waals surface area (Å²) < 4.78 is 35.8. The second-order valence-electron chi connectivity index (χ2n) is 38.0. The smallest absolute Gasteiger partial charge is 0.408 e. The topological polar surface area (TPSA) is 718 Å². The molecular weight excluding hydrogens is 1960 g/mol. The van der Waals surface area contributed by atoms with Crippen molar-refractivity contribution in [3.8, 4) is 34.5 Å². The van der Waals surface area contributed by atoms with Crippen molar-refractivity contribution in [1.29, 1.82) is 0 Å². The minimum absolute atomic E-state index is 0.0360. The number of ketones is 4. The van der Waals surface area contributed by atoms with Crippen LogP contribution in [-0.4, -0.2) is 204 Å². The van der Waals surface area contributed by atoms with Crippen LogP contribution in [0.2, 0.25) is 0 Å². The number of methoxy groups -OCH3 is 2. The molecule has 0 aliphatic carbocycles. The van der Waals surface area contributed by atoms with E-state index < -0.39 is 241 Å². The van der Waals surface area contributed by atoms with Crippen LogP contribution >= 0.6 is 0 Å². The molecule has 0 heterocycles. The van der Waals surface area contributed by atoms with Gasteiger partial charge in [-0.05, 0) is 210 Å². The van der Waals surface area contributed by atoms with E-state index >= 15 is 0 Å². The van der Waals surface area contributed by atoms with Crippen molar-refractivity contribution < 1.29 is 156 Å². The Bertz CT molecular complexity index is 6180. The first kappa shape index (κ1) is 122. The molecule has 0 aromatic heterocycles. The predicted molar refractivity (Wildman–Crippen MR) is 529 cm³/mol. The summed E-state index contributed by atoms with van der Waals surface area (Å²) in [5, 5.41) is 145. The molecule has 11 N–H and O–H groups in total. The number of phenolic OH excluding ortho intramolecular Hbond substituents is 6. The molecule has 8 aromatic rings. The Kier molecular flexibility index (Phi) is 45.6. The first-order chi connectivity index (χ1) is 69.3. The van der Waals surface area contributed by atoms with Gasteiger partial charge in [0.1, 0.15) is 28.2 Å². The van der Waals surface area contributed by atoms with E-state index in [2.05, 4.69) is 21.3 Å². The quantitative estimate of drug-likeness (QED) is 0.00732. The minimum Gasteiger partial charge on any atom is -0.508 e. The SMILES string of the molecule is CC(C)(C)OC(=O)N[C@@H](Cc1ccc(O)c([N+](=O)[O-])c1)C(=O)C[C@@H](Cc1ccc(O)c([N+](=O)[O-])c1)C(=O)O.CCOC(=O)[C@@H](CC(=O)[C@H](Cc1ccc(O)c([N+](=O)[O-])c1)NC(=O)OC(C)(C)C)Cc1ccc(C)c([N+](=O)[O-])c1.COC(=O)[C@@H](CC(=O)[C@H](Cc1ccc(O)c([N+](=O)[O-])c1)NC(=O)OC(C)(C)C)Cc1ccc(O)cc1.COC(=O)[C@@H](CC(=O)[C@H](Cc1ccc(O)c([N+](=O)[O-])c1)NC(=O)OC(C)(C)C)Cc1ccccc1. The number of hydrogen-bond acceptors (Lipinski definition) is 37. The lowest BCUT2D eigenvalue weighted by molar-refractivity contribution is -0.386. The number of rotatable bonds is 43. The fraction of sp³-hybridized carbons (Fsp3) is 0.406. The van der Waals surface area contributed by atoms with Gasteiger partial charge in [-0.25, -0.2) is 19.2 Å². The van der Waals surface area contributed by atoms with Gasteiger partial charge in [0, 0.05) is 93.3 Å². The number of carboxylic acids is 1. The molecule has 0 aliphatic heterocycles. The Morgan fingerprint density at radius 2 is 0.523 bits per heavy atom. The van der Waals surface area contributed by atoms with Crippen LogP contribution in [0.25, 0.3) is 0 Å². The van der Waals surface area contributed by atoms with Crippen LogP contribution in [0.15, 0.2) is 164 Å². The van der Waals surface area contributed by atoms with E-state index in [0.29, 0.717) is 27.8 Å². The molecule has 48 heteroatoms. The van der Waals surface area contributed by atoms with Gasteiger partial charge in [0.2, 0.25) is 0 Å². The molecule has 8 atom stereocenters. The Hall–Kier alpha value is -17.4. The normalized spacial score (nSPS) is 12.7. The van der Waals surface area contributed by atoms with Gasteiger partial charge >= 0.3 is 76.7 Å². The third kappa shape index (κ3) is 42.4. The van der Waals surface area contributed by atoms with E-state index in [4.69, 9.17) is 33.2 Å². The molecule has 48 nitrogen and oxygen atoms in total. The predicted octanol–water partition coefficient (Wildman–Crippen LogP) is 14.7. The van der Waals surface area contributed by atoms with Crippen molar-refractivity contribution in [3.63, 3.8) is 0 Å². The van der Waals surface area contributed by atoms with Crippen LogP contribution in [0.4, 0.5) is 53.3 Å². The second kappa shape index (κ2) is 55.6. The molecule has 0 saturated heterocycles. The standard InChI is InChI=1S/C27H33N3O10.C25H30N2O9.C25H30N2O8.C24H27N3O11/c1-6-39-25(33)19(11-17-8-7-16(2)21(13-17)29(35)36)15-24(32)20(28-26(34)40-27(3,4)5)12-18-9-10-23(31)22(14-18)30(37)38;1-25(2,3)36-24(32)26-19(12-16-7-10-21(29)20(13-16)27(33)34)22(30)14-17(23(31)35-4)11-15-5-8-18(28)9-6-15;1-25(2,3)35-24(31)26-19(13-17-10-11-21(28)20(14-17)27(32)33)22(29)15-18(23(30)34-4)12-16-8-6-5-7-9-16;1-24(2,3)38-23(33)25-16(9-14-5-7-20(29)18(11-14)27(36)37)21(30)12-15(22(31)32)8-13-4-6-19(28)17(10-13)26(34)35/h7-10,13-14,19-20,31H,6,11-12,15H2,1-5H3,(H,28,34);5-10,13,17,19,28-29H,11-12,14H2,1-4H3,(H,26,32);5-11,14,18-19,28H,12-13,15H2,1-4H3,(H,26,31);4-7,10-11,15-16,28-29H,8-9,12H2,1-3H3,(H,25,33)(H,31,32)/t19-,20+;17-,19+;18-,19+;15-,16+/m1111/s1. The van der Waals surface area contributed by atoms with Crippen LogP contribution in [0.5, 0.6) is 34.5 Å². The summed E-state index contributed by atoms with van der Waals surface area (Å²) in [5.41, 5.74) is -2.84. The molecule has 8 aromatic carbocycles. The molecule has 0 unspecified atom stereocenters. The molecule has 0 spiro atoms. The van der Waals surface area contributed by atoms with Crippen molar-refractivity contribution in [3.05, 3.63) is 275 Å². The van der Waals surface area contributed by atoms with Crippen molar-refractivity contribution in [1.82, 2.24) is 21.3 Å². The molecular formula is C101H120N10O38. The molecule has 8 rings (SSSR count). The maximum absolute atomic E-state index is 13.5. The average molecular weight is 2080 g/mol. The number of esters is 3. The highest BCUT2D eigenvalue weighted by Crippen LogP contribution is 2.35. The number of carboxylic acid groups (broad SMARTS) is 1. The highest BCUT2D eigenvalue weighted by molar-refractivity contribution is 5.94. The molecule has 0 bridgehead atoms. The highest BCUT2D eigenvalue weighted by Gasteiger charge is 2.38. The fourth-order valence-corrected chi connectivity index (χ4v) is 14.4. The van der Waals surface area contributed by atoms with Crippen LogP contribution < -0.4 is 21.3 Å². The lowest BCUT2D eigenvalue weighted by atomic mass is 9.90. The summed E-state index contributed by atoms with van der Waals surface area (Å²) in [6, 6.07) is 32.4. The molecule has 4 amide bonds. The lowest BCUT2D eigenvalue weighted by Gasteiger charge is -2.24. The number of nitro groups is 6. The first-order valence-corrected chi connectivity index (χ1v) is 45.9. The number of nitro benzene ring substituents is 6. The van der Waals surface area contributed by atoms with E-state index in [1.807, 2.05) is 30.3 Å². The summed E-state index contributed by atoms with van der Waals surface area (Å²) >= 11 is 0. The van der Waals surface area contributed by atoms with Crippen molar-refractivity contribution >= 4 is 106 Å². The summed E-state index contributed by atoms with van der Waals surface area (Å²) in [6.07, 6.45) is -5.85. The van der Waals surface area contributed by atoms with E-state index in [9.17, 15) is 154 Å². The number of ether oxygens (including phenoxy) is 7. The highest BCUT2D eigenvalue weighted by atomic mass is 16.7. The number of benzene rings is 8. The number of Topliss-reactive ketones (excluding diaryl/α,β-unsaturated/α-hetero) is 4. The molecule has 802 valence electrons. The zero-order valence-corrected chi connectivity index (χ0v) is 84.4. The third-order valence-corrected chi connectivity index (χ3v) is 21.3. The van der Waals surface area contributed by atoms with Gasteiger partial charge in [0.25, 0.3) is 5.69 Å². The van der Waals surface area contributed by atoms with Gasteiger partial charge in [0.15, 0.2) is 51.9 Å². The number of alkyl carbamates (subject to hydrolysis) is 4. The average Bonchev–Trinajstić information content (AvgIpc) is 0.843. The summed E-state index contributed by atoms with van der Waals surface area (Å²) in [5.74, 6) is -12.5. The number of amides is 4. The fourth-order valence-electron chi connectivity index (χ4n) is 14.4. The zero-order valence-electron chi connectivity index (χ0n) is 84.4. The van der Waals surface area contributed by atoms with Crippen molar-refractivity contribution in [2.24, 2.45) is 23.7 Å². The van der Waals surface area contributed by atoms with Crippen LogP contribution in [0, 0.1) is 91.3 Å². The molecule has 0 aliphatic rings. The van der Waals surface area contributed by atoms with Gasteiger partial charge in [-0.3, -0.25) is 99.0 Å². The third-order valence-electron chi connectivity index (χ3n) is 21.3. The van der Waals surface area contributed by atoms with Crippen molar-refractivity contribution in [2.75, 3.05) is 20.8 Å². The summed E-state index contributed by atoms with van der Waals surface area (Å²) in [6.45, 7) is 22.8. The summed E-state index contributed by atoms with van der Waals surface area (Å²) in [7, 11) is 2.43. The Morgan fingerprint density at radius 3 is 0.772 bits per heavy atom. The van der Waals surface area contributed by atoms with Crippen LogP contribution in [0.1, 0.15) is 166 Å². The van der Waals surface area contributed by atoms with Gasteiger partial charge in [-0.15, -0.1) is 0 Å². The number of carbonyl (C=O) groups excluding carboxylic acids is 11. The van der Waals surface area contributed by atoms with Crippen LogP contribution in [0.3, 0.4) is 0 Å². The summed E-state index contributed by atoms with van der Waals surface area (Å²) in [4.78, 5) is 215. The van der Waals surface area contributed by atoms with E-state index in [1.54, 1.807) is 121 Å². The molecule has 149 heavy (non-hydrogen) atoms. The molecule has 0 radical (unpaired) electrons. The minimum atomic E-state index is -1.38. The van der Waals surface area contributed by atoms with Gasteiger partial charge in [-0.1, -0.05) is 84.9 Å².